The van der Waals surface area contributed by atoms with Crippen molar-refractivity contribution in [1.29, 1.82) is 0 Å². The molecule has 4 saturated heterocycles. The molecule has 2 aliphatic carbocycles. The minimum atomic E-state index is -1.31. The van der Waals surface area contributed by atoms with Gasteiger partial charge in [0.1, 0.15) is 30.7 Å². The van der Waals surface area contributed by atoms with Crippen LogP contribution in [0.15, 0.2) is 140 Å². The number of carbonyl (C=O) groups is 1. The van der Waals surface area contributed by atoms with Crippen molar-refractivity contribution in [2.45, 2.75) is 238 Å². The highest BCUT2D eigenvalue weighted by Crippen LogP contribution is 2.36. The first-order chi connectivity index (χ1) is 55.1. The molecule has 0 amide bonds. The first-order valence-corrected chi connectivity index (χ1v) is 38.7. The number of hydrogen-bond donors (Lipinski definition) is 19. The minimum Gasteiger partial charge on any atom is -0.397 e. The van der Waals surface area contributed by atoms with E-state index in [9.17, 15) is 66.1 Å². The Morgan fingerprint density at radius 3 is 1.17 bits per heavy atom. The Hall–Kier alpha value is -6.52. The van der Waals surface area contributed by atoms with E-state index in [1.54, 1.807) is 25.5 Å². The SMILES string of the molecule is CCO.NC1C[C@H](O[C@@H]2CC(CO)[C@@H](O)[C@H](O)C2N)C(CO)O[C@H]1O[C@H]1CC(N)[C@H](O)OC1CO.NC1C[C@H](O[C@@H]2OC(CO)[C@@H](O[C@@H]3CC(CO)[C@@H](O)[C@H](O)C3N)CC2NCc2ccc(CN(Cc3ccccn3)Cc3ccccn3)nc2)C(CO)O[C@H]1O.O=Cc1ccc(CN(Cc2ccccn2)Cc2ccccn2)cc1. The molecule has 6 fully saturated rings. The van der Waals surface area contributed by atoms with Crippen molar-refractivity contribution >= 4 is 6.29 Å². The van der Waals surface area contributed by atoms with Gasteiger partial charge in [-0.1, -0.05) is 54.6 Å². The van der Waals surface area contributed by atoms with Crippen LogP contribution in [-0.4, -0.2) is 301 Å². The standard InChI is InChI=1S/C38H55N7O10.C20H19N3O.C19H37N3O10.C2H6O/c39-27-12-29(32(20-47)53-37(27)51)54-38-28(13-30(33(21-48)55-38)52-31-11-23(19-46)35(49)36(50)34(31)40)44-15-22-7-8-26(43-14-22)18-45(16-24-5-1-3-9-41-24)17-25-6-2-4-10-42-25;24-16-18-9-7-17(8-10-18)13-23(14-19-5-1-3-11-21-19)15-20-6-2-4-12-22-20;20-8-2-11(13(5-24)30-18(8)28)31-19-9(21)3-10(14(6-25)32-19)29-12-1-7(4-23)16(26)17(27)15(12)22;1-2-3/h1-10,14,23,27-38,44,46-51H,11-13,15-21,39-40H2;1-12,16H,13-15H2;7-19,23-28H,1-6,20-22H2;3H,2H2,1H3/t23?,27?,28?,29-,30-,31+,32?,33?,34?,35+,36+,37+,38+;;7?,8?,9?,10-,11-,12+,13?,14?,15?,16+,17+,18+,19+;/m0.0./s1. The van der Waals surface area contributed by atoms with E-state index < -0.39 is 185 Å². The molecule has 24 N–H and O–H groups in total. The number of rotatable bonds is 30. The highest BCUT2D eigenvalue weighted by Gasteiger charge is 2.50. The zero-order valence-electron chi connectivity index (χ0n) is 64.0. The number of pyridine rings is 5. The molecular formula is C79H117N13O22. The summed E-state index contributed by atoms with van der Waals surface area (Å²) >= 11 is 0. The fourth-order valence-electron chi connectivity index (χ4n) is 14.6. The normalized spacial score (nSPS) is 33.0. The van der Waals surface area contributed by atoms with Gasteiger partial charge in [-0.25, -0.2) is 0 Å². The van der Waals surface area contributed by atoms with Crippen LogP contribution in [0.4, 0.5) is 0 Å². The predicted octanol–water partition coefficient (Wildman–Crippen LogP) is -3.20. The third kappa shape index (κ3) is 26.5. The Kier molecular flexibility index (Phi) is 37.3. The summed E-state index contributed by atoms with van der Waals surface area (Å²) < 4.78 is 47.6. The van der Waals surface area contributed by atoms with Crippen LogP contribution in [-0.2, 0) is 83.7 Å². The maximum Gasteiger partial charge on any atom is 0.173 e. The average Bonchev–Trinajstić information content (AvgIpc) is 0.796. The highest BCUT2D eigenvalue weighted by molar-refractivity contribution is 5.74. The fraction of sp³-hybridized carbons (Fsp3) is 0.595. The van der Waals surface area contributed by atoms with E-state index in [0.717, 1.165) is 65.5 Å². The number of aromatic nitrogens is 5. The second-order valence-corrected chi connectivity index (χ2v) is 29.5. The number of carbonyl (C=O) groups excluding carboxylic acids is 1. The maximum atomic E-state index is 10.8. The Morgan fingerprint density at radius 1 is 0.412 bits per heavy atom. The van der Waals surface area contributed by atoms with Gasteiger partial charge < -0.3 is 138 Å². The summed E-state index contributed by atoms with van der Waals surface area (Å²) in [6.45, 7) is 3.98. The summed E-state index contributed by atoms with van der Waals surface area (Å²) in [6, 6.07) is 30.7. The molecule has 0 spiro atoms. The van der Waals surface area contributed by atoms with Crippen molar-refractivity contribution < 1.29 is 109 Å². The molecule has 12 rings (SSSR count). The summed E-state index contributed by atoms with van der Waals surface area (Å²) in [5, 5.41) is 131. The molecule has 6 aromatic rings. The van der Waals surface area contributed by atoms with Gasteiger partial charge in [0.05, 0.1) is 152 Å². The van der Waals surface area contributed by atoms with Crippen LogP contribution < -0.4 is 34.0 Å². The van der Waals surface area contributed by atoms with Crippen LogP contribution in [0, 0.1) is 11.8 Å². The maximum absolute atomic E-state index is 10.8. The molecule has 12 unspecified atom stereocenters. The molecular weight excluding hydrogens is 1480 g/mol. The minimum absolute atomic E-state index is 0.186. The molecule has 9 heterocycles. The van der Waals surface area contributed by atoms with Crippen molar-refractivity contribution in [1.82, 2.24) is 40.0 Å². The summed E-state index contributed by atoms with van der Waals surface area (Å²) in [5.74, 6) is -1.24. The summed E-state index contributed by atoms with van der Waals surface area (Å²) in [4.78, 5) is 37.9. The zero-order chi connectivity index (χ0) is 81.8. The lowest BCUT2D eigenvalue weighted by Crippen LogP contribution is -2.63. The molecule has 2 saturated carbocycles. The van der Waals surface area contributed by atoms with Gasteiger partial charge in [0.25, 0.3) is 0 Å². The third-order valence-electron chi connectivity index (χ3n) is 21.0. The quantitative estimate of drug-likeness (QED) is 0.0198. The number of nitrogens with two attached hydrogens (primary N) is 5. The average molecular weight is 1600 g/mol. The van der Waals surface area contributed by atoms with Gasteiger partial charge in [0.2, 0.25) is 0 Å². The Morgan fingerprint density at radius 2 is 0.781 bits per heavy atom. The van der Waals surface area contributed by atoms with E-state index in [2.05, 4.69) is 35.1 Å². The molecule has 630 valence electrons. The van der Waals surface area contributed by atoms with Crippen molar-refractivity contribution in [3.05, 3.63) is 185 Å². The number of hydrogen-bond acceptors (Lipinski definition) is 35. The van der Waals surface area contributed by atoms with Crippen molar-refractivity contribution in [2.24, 2.45) is 40.5 Å². The zero-order valence-corrected chi connectivity index (χ0v) is 64.0. The van der Waals surface area contributed by atoms with Crippen LogP contribution in [0.3, 0.4) is 0 Å². The van der Waals surface area contributed by atoms with Gasteiger partial charge >= 0.3 is 0 Å². The molecule has 26 atom stereocenters. The van der Waals surface area contributed by atoms with E-state index >= 15 is 0 Å². The summed E-state index contributed by atoms with van der Waals surface area (Å²) in [6.07, 6.45) is -5.78. The van der Waals surface area contributed by atoms with Gasteiger partial charge in [0.15, 0.2) is 25.2 Å². The van der Waals surface area contributed by atoms with Crippen LogP contribution in [0.5, 0.6) is 0 Å². The number of nitrogens with zero attached hydrogens (tertiary/aromatic N) is 7. The Balaban J connectivity index is 0.000000212. The Bertz CT molecular complexity index is 3560. The molecule has 35 heteroatoms. The lowest BCUT2D eigenvalue weighted by molar-refractivity contribution is -0.303. The van der Waals surface area contributed by atoms with Crippen molar-refractivity contribution in [3.63, 3.8) is 0 Å². The number of benzene rings is 1. The van der Waals surface area contributed by atoms with Gasteiger partial charge in [-0.05, 0) is 111 Å². The number of aldehydes is 1. The van der Waals surface area contributed by atoms with Gasteiger partial charge in [-0.3, -0.25) is 39.5 Å². The first-order valence-electron chi connectivity index (χ1n) is 38.7. The second kappa shape index (κ2) is 46.6. The fourth-order valence-corrected chi connectivity index (χ4v) is 14.6. The van der Waals surface area contributed by atoms with Crippen LogP contribution in [0.25, 0.3) is 0 Å². The van der Waals surface area contributed by atoms with E-state index in [0.29, 0.717) is 31.7 Å². The van der Waals surface area contributed by atoms with Crippen LogP contribution in [0.1, 0.15) is 95.4 Å². The number of aliphatic hydroxyl groups excluding tert-OH is 13. The first kappa shape index (κ1) is 91.4. The van der Waals surface area contributed by atoms with Crippen molar-refractivity contribution in [3.8, 4) is 0 Å². The predicted molar refractivity (Wildman–Crippen MR) is 410 cm³/mol. The monoisotopic (exact) mass is 1600 g/mol. The Labute approximate surface area is 662 Å². The summed E-state index contributed by atoms with van der Waals surface area (Å²) in [7, 11) is 0. The van der Waals surface area contributed by atoms with E-state index in [-0.39, 0.29) is 58.3 Å². The van der Waals surface area contributed by atoms with Gasteiger partial charge in [-0.2, -0.15) is 0 Å². The molecule has 114 heavy (non-hydrogen) atoms. The molecule has 1 aromatic carbocycles. The topological polar surface area (TPSA) is 567 Å². The van der Waals surface area contributed by atoms with Crippen LogP contribution in [0.2, 0.25) is 0 Å². The smallest absolute Gasteiger partial charge is 0.173 e. The molecule has 6 aliphatic rings. The van der Waals surface area contributed by atoms with Crippen molar-refractivity contribution in [2.75, 3.05) is 46.2 Å². The molecule has 0 radical (unpaired) electrons. The molecule has 4 aliphatic heterocycles. The molecule has 35 nitrogen and oxygen atoms in total. The number of ether oxygens (including phenoxy) is 8. The lowest BCUT2D eigenvalue weighted by atomic mass is 9.80. The van der Waals surface area contributed by atoms with E-state index in [4.69, 9.17) is 76.7 Å². The van der Waals surface area contributed by atoms with Gasteiger partial charge in [0, 0.05) is 114 Å². The number of nitrogens with one attached hydrogen (secondary N) is 1. The number of aliphatic hydroxyl groups is 13. The molecule has 0 bridgehead atoms. The third-order valence-corrected chi connectivity index (χ3v) is 21.0. The van der Waals surface area contributed by atoms with E-state index in [1.165, 1.54) is 0 Å². The lowest BCUT2D eigenvalue weighted by Gasteiger charge is -2.47. The largest absolute Gasteiger partial charge is 0.397 e. The highest BCUT2D eigenvalue weighted by atomic mass is 16.7. The molecule has 5 aromatic heterocycles. The van der Waals surface area contributed by atoms with Crippen LogP contribution >= 0.6 is 0 Å². The van der Waals surface area contributed by atoms with Gasteiger partial charge in [-0.15, -0.1) is 0 Å². The van der Waals surface area contributed by atoms with E-state index in [1.807, 2.05) is 122 Å². The second-order valence-electron chi connectivity index (χ2n) is 29.5. The summed E-state index contributed by atoms with van der Waals surface area (Å²) in [5.41, 5.74) is 38.0.